The number of sulfonamides is 1. The molecule has 0 heterocycles. The Kier molecular flexibility index (Phi) is 7.85. The van der Waals surface area contributed by atoms with E-state index in [1.54, 1.807) is 6.92 Å². The third-order valence-electron chi connectivity index (χ3n) is 4.19. The molecule has 0 aliphatic carbocycles. The first kappa shape index (κ1) is 23.2. The Morgan fingerprint density at radius 3 is 2.47 bits per heavy atom. The summed E-state index contributed by atoms with van der Waals surface area (Å²) in [5, 5.41) is 2.73. The molecule has 2 aromatic rings. The van der Waals surface area contributed by atoms with Crippen molar-refractivity contribution in [1.29, 1.82) is 0 Å². The van der Waals surface area contributed by atoms with Gasteiger partial charge in [0.15, 0.2) is 6.10 Å². The van der Waals surface area contributed by atoms with E-state index < -0.39 is 38.7 Å². The summed E-state index contributed by atoms with van der Waals surface area (Å²) in [6, 6.07) is 11.7. The number of benzene rings is 2. The van der Waals surface area contributed by atoms with Crippen LogP contribution in [0.15, 0.2) is 66.1 Å². The summed E-state index contributed by atoms with van der Waals surface area (Å²) >= 11 is 0. The summed E-state index contributed by atoms with van der Waals surface area (Å²) in [4.78, 5) is 24.0. The summed E-state index contributed by atoms with van der Waals surface area (Å²) in [5.41, 5.74) is 0.677. The summed E-state index contributed by atoms with van der Waals surface area (Å²) < 4.78 is 45.6. The summed E-state index contributed by atoms with van der Waals surface area (Å²) in [6.07, 6.45) is 0.150. The lowest BCUT2D eigenvalue weighted by molar-refractivity contribution is -0.129. The fraction of sp³-hybridized carbons (Fsp3) is 0.238. The molecule has 2 unspecified atom stereocenters. The van der Waals surface area contributed by atoms with Crippen LogP contribution in [0.5, 0.6) is 0 Å². The van der Waals surface area contributed by atoms with Crippen molar-refractivity contribution in [3.63, 3.8) is 0 Å². The minimum atomic E-state index is -4.18. The van der Waals surface area contributed by atoms with Crippen molar-refractivity contribution in [3.05, 3.63) is 78.1 Å². The lowest BCUT2D eigenvalue weighted by atomic mass is 10.1. The van der Waals surface area contributed by atoms with Crippen molar-refractivity contribution in [2.24, 2.45) is 0 Å². The molecule has 0 saturated carbocycles. The molecular formula is C21H23FN2O5S. The van der Waals surface area contributed by atoms with Crippen molar-refractivity contribution in [2.45, 2.75) is 30.9 Å². The quantitative estimate of drug-likeness (QED) is 0.467. The number of carbonyl (C=O) groups excluding carboxylic acids is 2. The minimum Gasteiger partial charge on any atom is -0.449 e. The van der Waals surface area contributed by atoms with Gasteiger partial charge in [-0.05, 0) is 37.6 Å². The molecule has 0 aliphatic heterocycles. The van der Waals surface area contributed by atoms with Gasteiger partial charge in [-0.25, -0.2) is 22.3 Å². The number of hydrogen-bond acceptors (Lipinski definition) is 5. The molecular weight excluding hydrogens is 411 g/mol. The van der Waals surface area contributed by atoms with E-state index in [9.17, 15) is 22.4 Å². The molecule has 0 bridgehead atoms. The van der Waals surface area contributed by atoms with Crippen LogP contribution in [0.1, 0.15) is 35.8 Å². The monoisotopic (exact) mass is 434 g/mol. The third-order valence-corrected chi connectivity index (χ3v) is 5.62. The molecule has 2 N–H and O–H groups in total. The van der Waals surface area contributed by atoms with E-state index in [2.05, 4.69) is 16.6 Å². The van der Waals surface area contributed by atoms with E-state index in [1.807, 2.05) is 30.3 Å². The largest absolute Gasteiger partial charge is 0.449 e. The number of hydrogen-bond donors (Lipinski definition) is 2. The molecule has 7 nitrogen and oxygen atoms in total. The number of ether oxygens (including phenoxy) is 1. The Balaban J connectivity index is 2.09. The van der Waals surface area contributed by atoms with Crippen LogP contribution in [0.2, 0.25) is 0 Å². The third kappa shape index (κ3) is 5.98. The maximum Gasteiger partial charge on any atom is 0.338 e. The maximum atomic E-state index is 14.0. The first-order valence-corrected chi connectivity index (χ1v) is 10.6. The van der Waals surface area contributed by atoms with Gasteiger partial charge < -0.3 is 10.1 Å². The molecule has 0 fully saturated rings. The van der Waals surface area contributed by atoms with Gasteiger partial charge in [0.05, 0.1) is 11.6 Å². The second-order valence-electron chi connectivity index (χ2n) is 6.47. The van der Waals surface area contributed by atoms with Crippen LogP contribution in [0.25, 0.3) is 0 Å². The second-order valence-corrected chi connectivity index (χ2v) is 8.21. The predicted molar refractivity (Wildman–Crippen MR) is 110 cm³/mol. The Bertz CT molecular complexity index is 1020. The van der Waals surface area contributed by atoms with Crippen LogP contribution in [0.4, 0.5) is 4.39 Å². The van der Waals surface area contributed by atoms with Crippen LogP contribution >= 0.6 is 0 Å². The average molecular weight is 434 g/mol. The minimum absolute atomic E-state index is 0.104. The van der Waals surface area contributed by atoms with E-state index in [-0.39, 0.29) is 18.2 Å². The summed E-state index contributed by atoms with van der Waals surface area (Å²) in [5.74, 6) is -2.50. The van der Waals surface area contributed by atoms with Crippen LogP contribution in [0, 0.1) is 5.82 Å². The maximum absolute atomic E-state index is 14.0. The molecule has 1 amide bonds. The SMILES string of the molecule is C=CCNS(=O)(=O)c1cc(C(=O)OC(C)C(=O)NC(C)c2ccccc2)ccc1F. The molecule has 0 radical (unpaired) electrons. The van der Waals surface area contributed by atoms with Gasteiger partial charge in [0.25, 0.3) is 5.91 Å². The van der Waals surface area contributed by atoms with Gasteiger partial charge in [0.2, 0.25) is 10.0 Å². The average Bonchev–Trinajstić information content (AvgIpc) is 2.72. The van der Waals surface area contributed by atoms with Crippen molar-refractivity contribution in [1.82, 2.24) is 10.0 Å². The van der Waals surface area contributed by atoms with Crippen LogP contribution in [-0.4, -0.2) is 32.9 Å². The Labute approximate surface area is 175 Å². The molecule has 2 aromatic carbocycles. The standard InChI is InChI=1S/C21H23FN2O5S/c1-4-12-23-30(27,28)19-13-17(10-11-18(19)22)21(26)29-15(3)20(25)24-14(2)16-8-6-5-7-9-16/h4-11,13-15,23H,1,12H2,2-3H3,(H,24,25). The molecule has 30 heavy (non-hydrogen) atoms. The van der Waals surface area contributed by atoms with Gasteiger partial charge in [-0.1, -0.05) is 36.4 Å². The first-order valence-electron chi connectivity index (χ1n) is 9.12. The van der Waals surface area contributed by atoms with E-state index in [1.165, 1.54) is 13.0 Å². The zero-order valence-electron chi connectivity index (χ0n) is 16.6. The molecule has 0 spiro atoms. The number of esters is 1. The van der Waals surface area contributed by atoms with Crippen molar-refractivity contribution in [2.75, 3.05) is 6.54 Å². The molecule has 0 saturated heterocycles. The molecule has 0 aromatic heterocycles. The van der Waals surface area contributed by atoms with Crippen LogP contribution in [0.3, 0.4) is 0 Å². The smallest absolute Gasteiger partial charge is 0.338 e. The number of rotatable bonds is 9. The topological polar surface area (TPSA) is 102 Å². The van der Waals surface area contributed by atoms with Gasteiger partial charge in [-0.2, -0.15) is 0 Å². The highest BCUT2D eigenvalue weighted by Gasteiger charge is 2.24. The number of carbonyl (C=O) groups is 2. The highest BCUT2D eigenvalue weighted by Crippen LogP contribution is 2.18. The normalized spacial score (nSPS) is 13.2. The summed E-state index contributed by atoms with van der Waals surface area (Å²) in [6.45, 7) is 6.45. The van der Waals surface area contributed by atoms with Crippen LogP contribution < -0.4 is 10.0 Å². The lowest BCUT2D eigenvalue weighted by Crippen LogP contribution is -2.37. The Hall–Kier alpha value is -3.04. The van der Waals surface area contributed by atoms with Crippen molar-refractivity contribution >= 4 is 21.9 Å². The van der Waals surface area contributed by atoms with Gasteiger partial charge in [0.1, 0.15) is 10.7 Å². The molecule has 0 aliphatic rings. The van der Waals surface area contributed by atoms with Gasteiger partial charge >= 0.3 is 5.97 Å². The molecule has 9 heteroatoms. The summed E-state index contributed by atoms with van der Waals surface area (Å²) in [7, 11) is -4.18. The second kappa shape index (κ2) is 10.1. The van der Waals surface area contributed by atoms with Crippen molar-refractivity contribution in [3.8, 4) is 0 Å². The molecule has 2 rings (SSSR count). The Morgan fingerprint density at radius 2 is 1.83 bits per heavy atom. The Morgan fingerprint density at radius 1 is 1.17 bits per heavy atom. The van der Waals surface area contributed by atoms with E-state index in [0.717, 1.165) is 23.8 Å². The first-order chi connectivity index (χ1) is 14.2. The predicted octanol–water partition coefficient (Wildman–Crippen LogP) is 2.71. The molecule has 160 valence electrons. The van der Waals surface area contributed by atoms with E-state index in [4.69, 9.17) is 4.74 Å². The van der Waals surface area contributed by atoms with Gasteiger partial charge in [-0.15, -0.1) is 6.58 Å². The number of amides is 1. The fourth-order valence-corrected chi connectivity index (χ4v) is 3.62. The van der Waals surface area contributed by atoms with E-state index in [0.29, 0.717) is 0 Å². The number of nitrogens with one attached hydrogen (secondary N) is 2. The highest BCUT2D eigenvalue weighted by molar-refractivity contribution is 7.89. The molecule has 2 atom stereocenters. The zero-order chi connectivity index (χ0) is 22.3. The number of halogens is 1. The lowest BCUT2D eigenvalue weighted by Gasteiger charge is -2.18. The van der Waals surface area contributed by atoms with Gasteiger partial charge in [0, 0.05) is 6.54 Å². The van der Waals surface area contributed by atoms with Crippen molar-refractivity contribution < 1.29 is 27.1 Å². The van der Waals surface area contributed by atoms with E-state index >= 15 is 0 Å². The van der Waals surface area contributed by atoms with Gasteiger partial charge in [-0.3, -0.25) is 4.79 Å². The zero-order valence-corrected chi connectivity index (χ0v) is 17.4. The van der Waals surface area contributed by atoms with Crippen LogP contribution in [-0.2, 0) is 19.6 Å². The fourth-order valence-electron chi connectivity index (χ4n) is 2.52. The highest BCUT2D eigenvalue weighted by atomic mass is 32.2.